The lowest BCUT2D eigenvalue weighted by atomic mass is 9.83. The summed E-state index contributed by atoms with van der Waals surface area (Å²) in [6.45, 7) is 5.44. The highest BCUT2D eigenvalue weighted by Crippen LogP contribution is 2.44. The van der Waals surface area contributed by atoms with E-state index < -0.39 is 34.9 Å². The number of nitrogens with two attached hydrogens (primary N) is 1. The lowest BCUT2D eigenvalue weighted by Crippen LogP contribution is -2.24. The molecule has 1 fully saturated rings. The number of nitrogen functional groups attached to an aromatic ring is 1. The van der Waals surface area contributed by atoms with Gasteiger partial charge in [-0.2, -0.15) is 4.98 Å². The third kappa shape index (κ3) is 5.53. The number of nitro benzene ring substituents is 1. The van der Waals surface area contributed by atoms with E-state index in [9.17, 15) is 20.3 Å². The number of anilines is 1. The molecule has 0 bridgehead atoms. The Morgan fingerprint density at radius 2 is 2.11 bits per heavy atom. The van der Waals surface area contributed by atoms with E-state index in [1.165, 1.54) is 13.2 Å². The van der Waals surface area contributed by atoms with Gasteiger partial charge in [0.05, 0.1) is 52.0 Å². The highest BCUT2D eigenvalue weighted by Gasteiger charge is 2.37. The maximum atomic E-state index is 12.0. The van der Waals surface area contributed by atoms with E-state index in [-0.39, 0.29) is 36.4 Å². The van der Waals surface area contributed by atoms with Gasteiger partial charge in [-0.25, -0.2) is 4.98 Å². The standard InChI is InChI=1S/C24H29ClIN5O7/c1-24(2,3)20(12-5-16(36-4)13(26)6-14(12)31(34)35)37-10-11-8-30(18-7-15(33)17(9-32)38-18)22-19(11)21(25)28-23(27)29-22/h5-6,8,15,17-18,20,32-33H,7,9-10H2,1-4H3,(H2,27,28,29)/t15-,17-,18-,20-/m1/s1. The monoisotopic (exact) mass is 661 g/mol. The van der Waals surface area contributed by atoms with Gasteiger partial charge in [0, 0.05) is 24.2 Å². The van der Waals surface area contributed by atoms with Crippen LogP contribution in [0.15, 0.2) is 18.3 Å². The summed E-state index contributed by atoms with van der Waals surface area (Å²) in [4.78, 5) is 20.0. The molecule has 1 saturated heterocycles. The van der Waals surface area contributed by atoms with E-state index in [1.807, 2.05) is 43.4 Å². The van der Waals surface area contributed by atoms with Gasteiger partial charge in [-0.15, -0.1) is 0 Å². The van der Waals surface area contributed by atoms with Crippen LogP contribution in [-0.2, 0) is 16.1 Å². The maximum absolute atomic E-state index is 12.0. The highest BCUT2D eigenvalue weighted by atomic mass is 127. The van der Waals surface area contributed by atoms with Gasteiger partial charge in [-0.05, 0) is 34.1 Å². The molecule has 0 amide bonds. The number of nitro groups is 1. The van der Waals surface area contributed by atoms with Gasteiger partial charge < -0.3 is 34.7 Å². The highest BCUT2D eigenvalue weighted by molar-refractivity contribution is 14.1. The van der Waals surface area contributed by atoms with Crippen molar-refractivity contribution in [3.8, 4) is 5.75 Å². The van der Waals surface area contributed by atoms with Crippen molar-refractivity contribution in [2.45, 2.75) is 58.3 Å². The number of aromatic nitrogens is 3. The molecule has 0 radical (unpaired) electrons. The van der Waals surface area contributed by atoms with Crippen molar-refractivity contribution < 1.29 is 29.3 Å². The molecule has 3 heterocycles. The number of benzene rings is 1. The Morgan fingerprint density at radius 3 is 2.68 bits per heavy atom. The number of hydrogen-bond donors (Lipinski definition) is 3. The first kappa shape index (κ1) is 28.7. The van der Waals surface area contributed by atoms with Gasteiger partial charge in [-0.1, -0.05) is 32.4 Å². The molecule has 4 rings (SSSR count). The molecule has 14 heteroatoms. The fourth-order valence-electron chi connectivity index (χ4n) is 4.64. The van der Waals surface area contributed by atoms with Crippen molar-refractivity contribution >= 4 is 56.9 Å². The first-order valence-electron chi connectivity index (χ1n) is 11.8. The topological polar surface area (TPSA) is 168 Å². The number of fused-ring (bicyclic) bond motifs is 1. The largest absolute Gasteiger partial charge is 0.496 e. The third-order valence-corrected chi connectivity index (χ3v) is 7.51. The first-order chi connectivity index (χ1) is 17.8. The summed E-state index contributed by atoms with van der Waals surface area (Å²) in [7, 11) is 1.51. The molecule has 12 nitrogen and oxygen atoms in total. The molecular weight excluding hydrogens is 633 g/mol. The Morgan fingerprint density at radius 1 is 1.39 bits per heavy atom. The summed E-state index contributed by atoms with van der Waals surface area (Å²) in [6, 6.07) is 3.11. The van der Waals surface area contributed by atoms with Crippen LogP contribution in [0.2, 0.25) is 5.15 Å². The average Bonchev–Trinajstić information content (AvgIpc) is 3.38. The van der Waals surface area contributed by atoms with Crippen LogP contribution in [0.25, 0.3) is 11.0 Å². The van der Waals surface area contributed by atoms with Crippen LogP contribution < -0.4 is 10.5 Å². The smallest absolute Gasteiger partial charge is 0.276 e. The molecule has 4 N–H and O–H groups in total. The summed E-state index contributed by atoms with van der Waals surface area (Å²) >= 11 is 8.48. The molecule has 1 aliphatic heterocycles. The van der Waals surface area contributed by atoms with Crippen LogP contribution in [0, 0.1) is 19.1 Å². The van der Waals surface area contributed by atoms with Crippen molar-refractivity contribution in [1.29, 1.82) is 0 Å². The van der Waals surface area contributed by atoms with Gasteiger partial charge in [0.25, 0.3) is 5.69 Å². The second kappa shape index (κ2) is 11.1. The summed E-state index contributed by atoms with van der Waals surface area (Å²) in [5, 5.41) is 32.3. The van der Waals surface area contributed by atoms with Crippen molar-refractivity contribution in [1.82, 2.24) is 14.5 Å². The Balaban J connectivity index is 1.76. The summed E-state index contributed by atoms with van der Waals surface area (Å²) in [5.41, 5.74) is 6.61. The maximum Gasteiger partial charge on any atom is 0.276 e. The number of aliphatic hydroxyl groups is 2. The van der Waals surface area contributed by atoms with Crippen molar-refractivity contribution in [2.75, 3.05) is 19.5 Å². The summed E-state index contributed by atoms with van der Waals surface area (Å²) in [6.07, 6.45) is -1.000. The van der Waals surface area contributed by atoms with Gasteiger partial charge >= 0.3 is 0 Å². The van der Waals surface area contributed by atoms with Crippen LogP contribution >= 0.6 is 34.2 Å². The number of rotatable bonds is 8. The molecule has 38 heavy (non-hydrogen) atoms. The van der Waals surface area contributed by atoms with E-state index in [4.69, 9.17) is 31.5 Å². The second-order valence-corrected chi connectivity index (χ2v) is 11.6. The van der Waals surface area contributed by atoms with Crippen LogP contribution in [0.3, 0.4) is 0 Å². The van der Waals surface area contributed by atoms with Crippen LogP contribution in [0.1, 0.15) is 50.7 Å². The van der Waals surface area contributed by atoms with E-state index in [0.717, 1.165) is 0 Å². The Labute approximate surface area is 237 Å². The number of hydrogen-bond acceptors (Lipinski definition) is 10. The number of halogens is 2. The van der Waals surface area contributed by atoms with Crippen LogP contribution in [-0.4, -0.2) is 55.6 Å². The van der Waals surface area contributed by atoms with Crippen molar-refractivity contribution in [3.63, 3.8) is 0 Å². The molecule has 0 aliphatic carbocycles. The SMILES string of the molecule is COc1cc([C@@H](OCc2cn([C@H]3C[C@@H](O)[C@@H](CO)O3)c3nc(N)nc(Cl)c23)C(C)(C)C)c([N+](=O)[O-])cc1I. The average molecular weight is 662 g/mol. The lowest BCUT2D eigenvalue weighted by Gasteiger charge is -2.31. The van der Waals surface area contributed by atoms with Crippen LogP contribution in [0.5, 0.6) is 5.75 Å². The number of aliphatic hydroxyl groups excluding tert-OH is 2. The number of nitrogens with zero attached hydrogens (tertiary/aromatic N) is 4. The Hall–Kier alpha value is -2.30. The van der Waals surface area contributed by atoms with E-state index in [1.54, 1.807) is 16.8 Å². The molecular formula is C24H29ClIN5O7. The van der Waals surface area contributed by atoms with Crippen molar-refractivity contribution in [2.24, 2.45) is 5.41 Å². The Kier molecular flexibility index (Phi) is 8.35. The van der Waals surface area contributed by atoms with Crippen LogP contribution in [0.4, 0.5) is 11.6 Å². The molecule has 1 aliphatic rings. The number of ether oxygens (including phenoxy) is 3. The summed E-state index contributed by atoms with van der Waals surface area (Å²) in [5.74, 6) is 0.462. The van der Waals surface area contributed by atoms with Gasteiger partial charge in [0.1, 0.15) is 28.9 Å². The van der Waals surface area contributed by atoms with Gasteiger partial charge in [-0.3, -0.25) is 10.1 Å². The first-order valence-corrected chi connectivity index (χ1v) is 13.2. The second-order valence-electron chi connectivity index (χ2n) is 10.1. The van der Waals surface area contributed by atoms with E-state index in [0.29, 0.717) is 31.5 Å². The quantitative estimate of drug-likeness (QED) is 0.138. The van der Waals surface area contributed by atoms with Gasteiger partial charge in [0.15, 0.2) is 0 Å². The molecule has 206 valence electrons. The third-order valence-electron chi connectivity index (χ3n) is 6.39. The molecule has 0 unspecified atom stereocenters. The van der Waals surface area contributed by atoms with E-state index in [2.05, 4.69) is 9.97 Å². The normalized spacial score (nSPS) is 20.7. The molecule has 0 spiro atoms. The van der Waals surface area contributed by atoms with E-state index >= 15 is 0 Å². The van der Waals surface area contributed by atoms with Gasteiger partial charge in [0.2, 0.25) is 5.95 Å². The Bertz CT molecular complexity index is 1360. The molecule has 3 aromatic rings. The zero-order valence-electron chi connectivity index (χ0n) is 21.2. The predicted octanol–water partition coefficient (Wildman–Crippen LogP) is 4.13. The molecule has 4 atom stereocenters. The molecule has 2 aromatic heterocycles. The van der Waals surface area contributed by atoms with Crippen molar-refractivity contribution in [3.05, 3.63) is 48.3 Å². The minimum absolute atomic E-state index is 0.00257. The molecule has 1 aromatic carbocycles. The molecule has 0 saturated carbocycles. The lowest BCUT2D eigenvalue weighted by molar-refractivity contribution is -0.386. The number of methoxy groups -OCH3 is 1. The fraction of sp³-hybridized carbons (Fsp3) is 0.500. The minimum Gasteiger partial charge on any atom is -0.496 e. The fourth-order valence-corrected chi connectivity index (χ4v) is 5.60. The predicted molar refractivity (Wildman–Crippen MR) is 148 cm³/mol. The summed E-state index contributed by atoms with van der Waals surface area (Å²) < 4.78 is 19.9. The minimum atomic E-state index is -0.863. The zero-order chi connectivity index (χ0) is 27.9. The zero-order valence-corrected chi connectivity index (χ0v) is 24.1.